The number of benzene rings is 2. The number of amides is 1. The fourth-order valence-corrected chi connectivity index (χ4v) is 2.79. The Kier molecular flexibility index (Phi) is 3.52. The number of hydrogen-bond donors (Lipinski definition) is 0. The first-order valence-electron chi connectivity index (χ1n) is 7.20. The van der Waals surface area contributed by atoms with E-state index in [1.165, 1.54) is 5.06 Å². The maximum absolute atomic E-state index is 12.5. The summed E-state index contributed by atoms with van der Waals surface area (Å²) in [5, 5.41) is 1.50. The molecule has 1 amide bonds. The number of nitrogens with zero attached hydrogens (tertiary/aromatic N) is 1. The standard InChI is InChI=1S/C18H19NO2/c1-14-18(2,16-11-7-4-8-12-16)17(20)19(14)21-13-15-9-5-3-6-10-15/h3-12,14H,13H2,1-2H3. The highest BCUT2D eigenvalue weighted by Crippen LogP contribution is 2.42. The maximum Gasteiger partial charge on any atom is 0.258 e. The fourth-order valence-electron chi connectivity index (χ4n) is 2.79. The Hall–Kier alpha value is -2.13. The summed E-state index contributed by atoms with van der Waals surface area (Å²) in [4.78, 5) is 18.2. The van der Waals surface area contributed by atoms with Crippen molar-refractivity contribution in [2.75, 3.05) is 0 Å². The van der Waals surface area contributed by atoms with Crippen LogP contribution in [0.25, 0.3) is 0 Å². The largest absolute Gasteiger partial charge is 0.271 e. The summed E-state index contributed by atoms with van der Waals surface area (Å²) < 4.78 is 0. The number of hydroxylamine groups is 2. The van der Waals surface area contributed by atoms with E-state index in [-0.39, 0.29) is 11.9 Å². The van der Waals surface area contributed by atoms with Gasteiger partial charge in [-0.25, -0.2) is 5.06 Å². The van der Waals surface area contributed by atoms with Gasteiger partial charge in [0.05, 0.1) is 11.5 Å². The molecular formula is C18H19NO2. The maximum atomic E-state index is 12.5. The Balaban J connectivity index is 1.70. The minimum atomic E-state index is -0.488. The monoisotopic (exact) mass is 281 g/mol. The lowest BCUT2D eigenvalue weighted by atomic mass is 9.69. The van der Waals surface area contributed by atoms with Gasteiger partial charge >= 0.3 is 0 Å². The minimum Gasteiger partial charge on any atom is -0.271 e. The molecule has 1 fully saturated rings. The third kappa shape index (κ3) is 2.24. The van der Waals surface area contributed by atoms with Crippen LogP contribution in [-0.4, -0.2) is 17.0 Å². The van der Waals surface area contributed by atoms with E-state index < -0.39 is 5.41 Å². The van der Waals surface area contributed by atoms with Crippen LogP contribution in [0, 0.1) is 0 Å². The molecule has 3 heteroatoms. The quantitative estimate of drug-likeness (QED) is 0.805. The Morgan fingerprint density at radius 2 is 1.62 bits per heavy atom. The van der Waals surface area contributed by atoms with Crippen molar-refractivity contribution in [2.45, 2.75) is 31.9 Å². The summed E-state index contributed by atoms with van der Waals surface area (Å²) in [5.41, 5.74) is 1.62. The Labute approximate surface area is 125 Å². The molecule has 108 valence electrons. The zero-order chi connectivity index (χ0) is 14.9. The molecule has 0 aliphatic carbocycles. The molecule has 0 spiro atoms. The van der Waals surface area contributed by atoms with Gasteiger partial charge in [0, 0.05) is 0 Å². The van der Waals surface area contributed by atoms with Gasteiger partial charge < -0.3 is 0 Å². The van der Waals surface area contributed by atoms with E-state index in [2.05, 4.69) is 0 Å². The Morgan fingerprint density at radius 3 is 2.19 bits per heavy atom. The van der Waals surface area contributed by atoms with Gasteiger partial charge in [0.2, 0.25) is 0 Å². The van der Waals surface area contributed by atoms with Crippen LogP contribution in [0.3, 0.4) is 0 Å². The molecule has 0 radical (unpaired) electrons. The second kappa shape index (κ2) is 5.34. The lowest BCUT2D eigenvalue weighted by Crippen LogP contribution is -2.68. The van der Waals surface area contributed by atoms with Crippen molar-refractivity contribution in [1.82, 2.24) is 5.06 Å². The van der Waals surface area contributed by atoms with Gasteiger partial charge in [0.1, 0.15) is 6.61 Å². The Bertz CT molecular complexity index is 626. The molecule has 2 aromatic rings. The second-order valence-electron chi connectivity index (χ2n) is 5.63. The molecule has 2 unspecified atom stereocenters. The van der Waals surface area contributed by atoms with Gasteiger partial charge in [0.15, 0.2) is 0 Å². The molecule has 3 rings (SSSR count). The summed E-state index contributed by atoms with van der Waals surface area (Å²) in [6.07, 6.45) is 0. The van der Waals surface area contributed by atoms with Crippen molar-refractivity contribution < 1.29 is 9.63 Å². The van der Waals surface area contributed by atoms with Crippen LogP contribution < -0.4 is 0 Å². The third-order valence-electron chi connectivity index (χ3n) is 4.42. The van der Waals surface area contributed by atoms with Crippen molar-refractivity contribution in [3.05, 3.63) is 71.8 Å². The summed E-state index contributed by atoms with van der Waals surface area (Å²) in [6, 6.07) is 19.8. The van der Waals surface area contributed by atoms with E-state index in [4.69, 9.17) is 4.84 Å². The normalized spacial score (nSPS) is 24.8. The van der Waals surface area contributed by atoms with Crippen LogP contribution in [0.15, 0.2) is 60.7 Å². The molecule has 1 aliphatic rings. The van der Waals surface area contributed by atoms with Crippen molar-refractivity contribution in [3.8, 4) is 0 Å². The SMILES string of the molecule is CC1N(OCc2ccccc2)C(=O)C1(C)c1ccccc1. The molecule has 2 aromatic carbocycles. The molecule has 21 heavy (non-hydrogen) atoms. The van der Waals surface area contributed by atoms with E-state index in [1.54, 1.807) is 0 Å². The average molecular weight is 281 g/mol. The van der Waals surface area contributed by atoms with Gasteiger partial charge in [-0.05, 0) is 25.0 Å². The van der Waals surface area contributed by atoms with E-state index in [0.717, 1.165) is 11.1 Å². The van der Waals surface area contributed by atoms with E-state index >= 15 is 0 Å². The first-order chi connectivity index (χ1) is 10.1. The number of carbonyl (C=O) groups excluding carboxylic acids is 1. The molecule has 0 N–H and O–H groups in total. The van der Waals surface area contributed by atoms with Crippen LogP contribution in [0.5, 0.6) is 0 Å². The number of carbonyl (C=O) groups is 1. The van der Waals surface area contributed by atoms with Crippen molar-refractivity contribution >= 4 is 5.91 Å². The average Bonchev–Trinajstić information content (AvgIpc) is 2.56. The van der Waals surface area contributed by atoms with Crippen LogP contribution in [0.2, 0.25) is 0 Å². The molecule has 2 atom stereocenters. The van der Waals surface area contributed by atoms with Crippen molar-refractivity contribution in [1.29, 1.82) is 0 Å². The highest BCUT2D eigenvalue weighted by molar-refractivity contribution is 5.94. The Morgan fingerprint density at radius 1 is 1.05 bits per heavy atom. The third-order valence-corrected chi connectivity index (χ3v) is 4.42. The number of hydrogen-bond acceptors (Lipinski definition) is 2. The van der Waals surface area contributed by atoms with Crippen LogP contribution in [0.4, 0.5) is 0 Å². The van der Waals surface area contributed by atoms with Crippen molar-refractivity contribution in [3.63, 3.8) is 0 Å². The van der Waals surface area contributed by atoms with Gasteiger partial charge in [-0.1, -0.05) is 60.7 Å². The van der Waals surface area contributed by atoms with Crippen LogP contribution in [0.1, 0.15) is 25.0 Å². The molecular weight excluding hydrogens is 262 g/mol. The van der Waals surface area contributed by atoms with Crippen molar-refractivity contribution in [2.24, 2.45) is 0 Å². The van der Waals surface area contributed by atoms with E-state index in [1.807, 2.05) is 74.5 Å². The zero-order valence-electron chi connectivity index (χ0n) is 12.3. The molecule has 0 bridgehead atoms. The lowest BCUT2D eigenvalue weighted by molar-refractivity contribution is -0.250. The molecule has 3 nitrogen and oxygen atoms in total. The number of β-lactam (4-membered cyclic amide) rings is 1. The zero-order valence-corrected chi connectivity index (χ0v) is 12.3. The molecule has 0 aromatic heterocycles. The summed E-state index contributed by atoms with van der Waals surface area (Å²) in [5.74, 6) is 0.0251. The van der Waals surface area contributed by atoms with Crippen LogP contribution >= 0.6 is 0 Å². The minimum absolute atomic E-state index is 0.0242. The molecule has 1 heterocycles. The first kappa shape index (κ1) is 13.8. The fraction of sp³-hybridized carbons (Fsp3) is 0.278. The van der Waals surface area contributed by atoms with Gasteiger partial charge in [-0.3, -0.25) is 9.63 Å². The predicted octanol–water partition coefficient (Wildman–Crippen LogP) is 3.31. The van der Waals surface area contributed by atoms with Gasteiger partial charge in [-0.2, -0.15) is 0 Å². The predicted molar refractivity (Wildman–Crippen MR) is 81.3 cm³/mol. The number of rotatable bonds is 4. The first-order valence-corrected chi connectivity index (χ1v) is 7.20. The smallest absolute Gasteiger partial charge is 0.258 e. The molecule has 1 saturated heterocycles. The van der Waals surface area contributed by atoms with E-state index in [0.29, 0.717) is 6.61 Å². The topological polar surface area (TPSA) is 29.5 Å². The van der Waals surface area contributed by atoms with E-state index in [9.17, 15) is 4.79 Å². The molecule has 0 saturated carbocycles. The van der Waals surface area contributed by atoms with Gasteiger partial charge in [0.25, 0.3) is 5.91 Å². The summed E-state index contributed by atoms with van der Waals surface area (Å²) >= 11 is 0. The summed E-state index contributed by atoms with van der Waals surface area (Å²) in [6.45, 7) is 4.43. The van der Waals surface area contributed by atoms with Crippen LogP contribution in [-0.2, 0) is 21.7 Å². The lowest BCUT2D eigenvalue weighted by Gasteiger charge is -2.51. The second-order valence-corrected chi connectivity index (χ2v) is 5.63. The highest BCUT2D eigenvalue weighted by Gasteiger charge is 2.57. The summed E-state index contributed by atoms with van der Waals surface area (Å²) in [7, 11) is 0. The molecule has 1 aliphatic heterocycles. The van der Waals surface area contributed by atoms with Gasteiger partial charge in [-0.15, -0.1) is 0 Å². The highest BCUT2D eigenvalue weighted by atomic mass is 16.7.